The molecular weight excluding hydrogens is 202 g/mol. The van der Waals surface area contributed by atoms with Gasteiger partial charge in [0.1, 0.15) is 0 Å². The maximum Gasteiger partial charge on any atom is 0.172 e. The Hall–Kier alpha value is -1.84. The summed E-state index contributed by atoms with van der Waals surface area (Å²) in [5.41, 5.74) is 7.76. The van der Waals surface area contributed by atoms with Crippen molar-refractivity contribution in [1.29, 1.82) is 0 Å². The van der Waals surface area contributed by atoms with Gasteiger partial charge in [0, 0.05) is 23.5 Å². The van der Waals surface area contributed by atoms with Gasteiger partial charge in [-0.15, -0.1) is 0 Å². The first-order chi connectivity index (χ1) is 7.68. The zero-order chi connectivity index (χ0) is 11.5. The average molecular weight is 217 g/mol. The molecule has 4 nitrogen and oxygen atoms in total. The maximum atomic E-state index is 5.81. The van der Waals surface area contributed by atoms with Gasteiger partial charge in [0.15, 0.2) is 11.6 Å². The molecule has 0 unspecified atom stereocenters. The van der Waals surface area contributed by atoms with Gasteiger partial charge in [-0.25, -0.2) is 0 Å². The molecule has 2 N–H and O–H groups in total. The molecule has 16 heavy (non-hydrogen) atoms. The quantitative estimate of drug-likeness (QED) is 0.857. The average Bonchev–Trinajstić information content (AvgIpc) is 2.61. The minimum atomic E-state index is 0.487. The van der Waals surface area contributed by atoms with Crippen LogP contribution in [-0.4, -0.2) is 10.1 Å². The van der Waals surface area contributed by atoms with Gasteiger partial charge in [-0.3, -0.25) is 4.98 Å². The number of anilines is 1. The summed E-state index contributed by atoms with van der Waals surface area (Å²) < 4.78 is 5.28. The number of hydrogen-bond donors (Lipinski definition) is 1. The summed E-state index contributed by atoms with van der Waals surface area (Å²) >= 11 is 0. The zero-order valence-electron chi connectivity index (χ0n) is 9.47. The monoisotopic (exact) mass is 217 g/mol. The molecule has 0 aromatic carbocycles. The summed E-state index contributed by atoms with van der Waals surface area (Å²) in [6.07, 6.45) is 4.33. The third-order valence-corrected chi connectivity index (χ3v) is 2.37. The van der Waals surface area contributed by atoms with Gasteiger partial charge in [-0.05, 0) is 24.5 Å². The molecule has 0 saturated carbocycles. The molecule has 2 rings (SSSR count). The number of nitrogens with zero attached hydrogens (tertiary/aromatic N) is 2. The predicted molar refractivity (Wildman–Crippen MR) is 62.7 cm³/mol. The molecule has 2 aromatic rings. The van der Waals surface area contributed by atoms with E-state index in [9.17, 15) is 0 Å². The lowest BCUT2D eigenvalue weighted by Gasteiger charge is -2.04. The summed E-state index contributed by atoms with van der Waals surface area (Å²) in [6.45, 7) is 4.28. The Morgan fingerprint density at radius 2 is 2.00 bits per heavy atom. The van der Waals surface area contributed by atoms with Gasteiger partial charge in [0.25, 0.3) is 0 Å². The van der Waals surface area contributed by atoms with Crippen molar-refractivity contribution in [3.63, 3.8) is 0 Å². The lowest BCUT2D eigenvalue weighted by molar-refractivity contribution is 0.434. The molecule has 0 fully saturated rings. The molecule has 2 aromatic heterocycles. The molecule has 0 aliphatic carbocycles. The third kappa shape index (κ3) is 2.05. The summed E-state index contributed by atoms with van der Waals surface area (Å²) in [7, 11) is 0. The van der Waals surface area contributed by atoms with Crippen molar-refractivity contribution in [2.24, 2.45) is 5.92 Å². The van der Waals surface area contributed by atoms with Crippen LogP contribution in [0.3, 0.4) is 0 Å². The fraction of sp³-hybridized carbons (Fsp3) is 0.333. The Morgan fingerprint density at radius 1 is 1.31 bits per heavy atom. The van der Waals surface area contributed by atoms with E-state index in [-0.39, 0.29) is 0 Å². The minimum absolute atomic E-state index is 0.487. The highest BCUT2D eigenvalue weighted by Crippen LogP contribution is 2.29. The van der Waals surface area contributed by atoms with Crippen LogP contribution in [0.1, 0.15) is 19.4 Å². The van der Waals surface area contributed by atoms with Crippen LogP contribution >= 0.6 is 0 Å². The highest BCUT2D eigenvalue weighted by atomic mass is 16.5. The molecule has 2 heterocycles. The van der Waals surface area contributed by atoms with E-state index in [1.165, 1.54) is 0 Å². The van der Waals surface area contributed by atoms with E-state index in [1.807, 2.05) is 12.1 Å². The Bertz CT molecular complexity index is 462. The topological polar surface area (TPSA) is 64.9 Å². The molecule has 0 radical (unpaired) electrons. The Balaban J connectivity index is 2.42. The Labute approximate surface area is 94.5 Å². The lowest BCUT2D eigenvalue weighted by Crippen LogP contribution is -1.98. The first-order valence-electron chi connectivity index (χ1n) is 5.33. The predicted octanol–water partition coefficient (Wildman–Crippen LogP) is 2.52. The van der Waals surface area contributed by atoms with Crippen molar-refractivity contribution in [3.05, 3.63) is 30.1 Å². The molecule has 0 saturated heterocycles. The van der Waals surface area contributed by atoms with Crippen molar-refractivity contribution < 1.29 is 4.52 Å². The summed E-state index contributed by atoms with van der Waals surface area (Å²) in [5.74, 6) is 1.76. The highest BCUT2D eigenvalue weighted by molar-refractivity contribution is 5.65. The van der Waals surface area contributed by atoms with E-state index in [0.717, 1.165) is 23.3 Å². The van der Waals surface area contributed by atoms with Crippen LogP contribution < -0.4 is 5.73 Å². The van der Waals surface area contributed by atoms with Crippen LogP contribution in [-0.2, 0) is 6.42 Å². The molecule has 0 atom stereocenters. The first kappa shape index (κ1) is 10.7. The third-order valence-electron chi connectivity index (χ3n) is 2.37. The van der Waals surface area contributed by atoms with Crippen LogP contribution in [0.5, 0.6) is 0 Å². The molecule has 0 aliphatic heterocycles. The second-order valence-corrected chi connectivity index (χ2v) is 4.21. The summed E-state index contributed by atoms with van der Waals surface area (Å²) in [4.78, 5) is 3.97. The molecule has 0 bridgehead atoms. The van der Waals surface area contributed by atoms with Crippen molar-refractivity contribution >= 4 is 5.82 Å². The van der Waals surface area contributed by atoms with Crippen molar-refractivity contribution in [3.8, 4) is 11.3 Å². The van der Waals surface area contributed by atoms with Gasteiger partial charge in [-0.1, -0.05) is 19.0 Å². The zero-order valence-corrected chi connectivity index (χ0v) is 9.47. The summed E-state index contributed by atoms with van der Waals surface area (Å²) in [5, 5.41) is 3.83. The lowest BCUT2D eigenvalue weighted by atomic mass is 10.0. The van der Waals surface area contributed by atoms with Gasteiger partial charge in [-0.2, -0.15) is 0 Å². The number of hydrogen-bond acceptors (Lipinski definition) is 4. The summed E-state index contributed by atoms with van der Waals surface area (Å²) in [6, 6.07) is 3.79. The number of pyridine rings is 1. The number of rotatable bonds is 3. The van der Waals surface area contributed by atoms with Crippen molar-refractivity contribution in [2.45, 2.75) is 20.3 Å². The second-order valence-electron chi connectivity index (χ2n) is 4.21. The largest absolute Gasteiger partial charge is 0.381 e. The highest BCUT2D eigenvalue weighted by Gasteiger charge is 2.16. The number of aromatic nitrogens is 2. The standard InChI is InChI=1S/C12H15N3O/c1-8(2)7-10-11(16-15-12(10)13)9-3-5-14-6-4-9/h3-6,8H,7H2,1-2H3,(H2,13,15). The van der Waals surface area contributed by atoms with Gasteiger partial charge < -0.3 is 10.3 Å². The van der Waals surface area contributed by atoms with E-state index in [1.54, 1.807) is 12.4 Å². The Morgan fingerprint density at radius 3 is 2.62 bits per heavy atom. The number of nitrogen functional groups attached to an aromatic ring is 1. The molecular formula is C12H15N3O. The minimum Gasteiger partial charge on any atom is -0.381 e. The van der Waals surface area contributed by atoms with Crippen LogP contribution in [0.25, 0.3) is 11.3 Å². The molecule has 4 heteroatoms. The van der Waals surface area contributed by atoms with Crippen LogP contribution in [0, 0.1) is 5.92 Å². The SMILES string of the molecule is CC(C)Cc1c(N)noc1-c1ccncc1. The Kier molecular flexibility index (Phi) is 2.90. The van der Waals surface area contributed by atoms with Gasteiger partial charge >= 0.3 is 0 Å². The molecule has 0 aliphatic rings. The first-order valence-corrected chi connectivity index (χ1v) is 5.33. The van der Waals surface area contributed by atoms with Crippen LogP contribution in [0.2, 0.25) is 0 Å². The fourth-order valence-corrected chi connectivity index (χ4v) is 1.66. The van der Waals surface area contributed by atoms with Crippen LogP contribution in [0.15, 0.2) is 29.0 Å². The van der Waals surface area contributed by atoms with Gasteiger partial charge in [0.05, 0.1) is 0 Å². The van der Waals surface area contributed by atoms with E-state index in [2.05, 4.69) is 24.0 Å². The van der Waals surface area contributed by atoms with Crippen molar-refractivity contribution in [2.75, 3.05) is 5.73 Å². The van der Waals surface area contributed by atoms with Gasteiger partial charge in [0.2, 0.25) is 0 Å². The number of nitrogens with two attached hydrogens (primary N) is 1. The van der Waals surface area contributed by atoms with E-state index < -0.39 is 0 Å². The van der Waals surface area contributed by atoms with Crippen LogP contribution in [0.4, 0.5) is 5.82 Å². The molecule has 0 amide bonds. The smallest absolute Gasteiger partial charge is 0.172 e. The molecule has 84 valence electrons. The van der Waals surface area contributed by atoms with E-state index >= 15 is 0 Å². The molecule has 0 spiro atoms. The van der Waals surface area contributed by atoms with E-state index in [4.69, 9.17) is 10.3 Å². The normalized spacial score (nSPS) is 10.9. The van der Waals surface area contributed by atoms with Crippen molar-refractivity contribution in [1.82, 2.24) is 10.1 Å². The fourth-order valence-electron chi connectivity index (χ4n) is 1.66. The second kappa shape index (κ2) is 4.35. The van der Waals surface area contributed by atoms with E-state index in [0.29, 0.717) is 11.7 Å². The maximum absolute atomic E-state index is 5.81.